The molecule has 0 saturated carbocycles. The second-order valence-corrected chi connectivity index (χ2v) is 4.83. The molecule has 0 saturated heterocycles. The topological polar surface area (TPSA) is 90.8 Å². The number of hydrogen-bond donors (Lipinski definition) is 1. The standard InChI is InChI=1S/C9H6ClF3IN3O3/c10-3-7(15)16-8-5(17(18)19)1-4(14)2-6(8)20-9(11,12)13/h1-2H,3H2,(H2,15,16). The third-order valence-corrected chi connectivity index (χ3v) is 2.73. The average Bonchev–Trinajstić information content (AvgIpc) is 2.29. The highest BCUT2D eigenvalue weighted by molar-refractivity contribution is 14.1. The smallest absolute Gasteiger partial charge is 0.403 e. The lowest BCUT2D eigenvalue weighted by Gasteiger charge is -2.12. The van der Waals surface area contributed by atoms with Crippen LogP contribution < -0.4 is 10.5 Å². The highest BCUT2D eigenvalue weighted by Gasteiger charge is 2.34. The quantitative estimate of drug-likeness (QED) is 0.201. The Hall–Kier alpha value is -1.30. The van der Waals surface area contributed by atoms with E-state index in [1.165, 1.54) is 0 Å². The summed E-state index contributed by atoms with van der Waals surface area (Å²) in [4.78, 5) is 13.5. The van der Waals surface area contributed by atoms with Crippen molar-refractivity contribution in [3.05, 3.63) is 25.8 Å². The van der Waals surface area contributed by atoms with Crippen molar-refractivity contribution in [2.24, 2.45) is 10.7 Å². The maximum absolute atomic E-state index is 12.3. The van der Waals surface area contributed by atoms with Crippen molar-refractivity contribution in [1.29, 1.82) is 0 Å². The number of aliphatic imine (C=N–C) groups is 1. The number of amidine groups is 1. The maximum Gasteiger partial charge on any atom is 0.573 e. The highest BCUT2D eigenvalue weighted by Crippen LogP contribution is 2.41. The summed E-state index contributed by atoms with van der Waals surface area (Å²) >= 11 is 6.98. The Labute approximate surface area is 129 Å². The summed E-state index contributed by atoms with van der Waals surface area (Å²) in [6, 6.07) is 2.01. The molecule has 11 heteroatoms. The Morgan fingerprint density at radius 1 is 1.55 bits per heavy atom. The number of nitro benzene ring substituents is 1. The molecule has 20 heavy (non-hydrogen) atoms. The van der Waals surface area contributed by atoms with Crippen LogP contribution in [0.4, 0.5) is 24.5 Å². The molecule has 1 rings (SSSR count). The van der Waals surface area contributed by atoms with Crippen molar-refractivity contribution in [3.63, 3.8) is 0 Å². The van der Waals surface area contributed by atoms with Crippen LogP contribution in [0.2, 0.25) is 0 Å². The molecule has 0 bridgehead atoms. The second-order valence-electron chi connectivity index (χ2n) is 3.31. The minimum Gasteiger partial charge on any atom is -0.403 e. The lowest BCUT2D eigenvalue weighted by atomic mass is 10.2. The van der Waals surface area contributed by atoms with Crippen LogP contribution in [0.5, 0.6) is 5.75 Å². The van der Waals surface area contributed by atoms with Crippen molar-refractivity contribution >= 4 is 51.4 Å². The SMILES string of the molecule is NC(CCl)=Nc1c(OC(F)(F)F)cc(I)cc1[N+](=O)[O-]. The maximum atomic E-state index is 12.3. The van der Waals surface area contributed by atoms with Gasteiger partial charge in [0.25, 0.3) is 5.69 Å². The number of nitrogens with zero attached hydrogens (tertiary/aromatic N) is 2. The molecule has 0 atom stereocenters. The number of halogens is 5. The van der Waals surface area contributed by atoms with Crippen molar-refractivity contribution in [3.8, 4) is 5.75 Å². The fraction of sp³-hybridized carbons (Fsp3) is 0.222. The molecule has 0 aliphatic carbocycles. The highest BCUT2D eigenvalue weighted by atomic mass is 127. The molecule has 0 radical (unpaired) electrons. The molecular formula is C9H6ClF3IN3O3. The Kier molecular flexibility index (Phi) is 5.39. The lowest BCUT2D eigenvalue weighted by Crippen LogP contribution is -2.18. The summed E-state index contributed by atoms with van der Waals surface area (Å²) in [5.74, 6) is -1.39. The molecule has 1 aromatic rings. The number of alkyl halides is 4. The van der Waals surface area contributed by atoms with Gasteiger partial charge in [0.1, 0.15) is 5.84 Å². The van der Waals surface area contributed by atoms with Gasteiger partial charge in [-0.3, -0.25) is 10.1 Å². The van der Waals surface area contributed by atoms with Gasteiger partial charge in [0.05, 0.1) is 10.8 Å². The molecule has 6 nitrogen and oxygen atoms in total. The van der Waals surface area contributed by atoms with Gasteiger partial charge < -0.3 is 10.5 Å². The van der Waals surface area contributed by atoms with Crippen LogP contribution >= 0.6 is 34.2 Å². The van der Waals surface area contributed by atoms with E-state index in [1.54, 1.807) is 22.6 Å². The van der Waals surface area contributed by atoms with E-state index in [0.29, 0.717) is 0 Å². The summed E-state index contributed by atoms with van der Waals surface area (Å²) in [5, 5.41) is 10.9. The number of ether oxygens (including phenoxy) is 1. The second kappa shape index (κ2) is 6.43. The normalized spacial score (nSPS) is 12.3. The van der Waals surface area contributed by atoms with Crippen molar-refractivity contribution in [2.45, 2.75) is 6.36 Å². The van der Waals surface area contributed by atoms with Crippen LogP contribution in [0.3, 0.4) is 0 Å². The predicted octanol–water partition coefficient (Wildman–Crippen LogP) is 3.33. The van der Waals surface area contributed by atoms with Crippen LogP contribution in [0.1, 0.15) is 0 Å². The van der Waals surface area contributed by atoms with E-state index < -0.39 is 28.4 Å². The molecule has 1 aromatic carbocycles. The molecule has 0 unspecified atom stereocenters. The van der Waals surface area contributed by atoms with Crippen LogP contribution in [-0.2, 0) is 0 Å². The van der Waals surface area contributed by atoms with Gasteiger partial charge in [-0.25, -0.2) is 4.99 Å². The summed E-state index contributed by atoms with van der Waals surface area (Å²) in [6.45, 7) is 0. The van der Waals surface area contributed by atoms with Crippen molar-refractivity contribution in [1.82, 2.24) is 0 Å². The van der Waals surface area contributed by atoms with Gasteiger partial charge in [0.2, 0.25) is 0 Å². The number of hydrogen-bond acceptors (Lipinski definition) is 4. The Bertz CT molecular complexity index is 565. The lowest BCUT2D eigenvalue weighted by molar-refractivity contribution is -0.384. The Morgan fingerprint density at radius 2 is 2.15 bits per heavy atom. The molecule has 110 valence electrons. The van der Waals surface area contributed by atoms with Crippen LogP contribution in [0.15, 0.2) is 17.1 Å². The average molecular weight is 424 g/mol. The van der Waals surface area contributed by atoms with Crippen LogP contribution in [0, 0.1) is 13.7 Å². The minimum absolute atomic E-state index is 0.178. The Morgan fingerprint density at radius 3 is 2.60 bits per heavy atom. The van der Waals surface area contributed by atoms with E-state index in [-0.39, 0.29) is 15.3 Å². The first kappa shape index (κ1) is 16.8. The Balaban J connectivity index is 3.51. The van der Waals surface area contributed by atoms with E-state index in [2.05, 4.69) is 9.73 Å². The summed E-state index contributed by atoms with van der Waals surface area (Å²) < 4.78 is 40.8. The molecule has 0 aromatic heterocycles. The fourth-order valence-electron chi connectivity index (χ4n) is 1.19. The first-order chi connectivity index (χ1) is 9.14. The largest absolute Gasteiger partial charge is 0.573 e. The van der Waals surface area contributed by atoms with Gasteiger partial charge >= 0.3 is 6.36 Å². The zero-order valence-corrected chi connectivity index (χ0v) is 12.4. The molecule has 0 amide bonds. The molecule has 2 N–H and O–H groups in total. The van der Waals surface area contributed by atoms with Crippen molar-refractivity contribution < 1.29 is 22.8 Å². The van der Waals surface area contributed by atoms with Crippen LogP contribution in [0.25, 0.3) is 0 Å². The number of nitro groups is 1. The first-order valence-corrected chi connectivity index (χ1v) is 6.38. The van der Waals surface area contributed by atoms with Crippen molar-refractivity contribution in [2.75, 3.05) is 5.88 Å². The number of rotatable bonds is 4. The van der Waals surface area contributed by atoms with Gasteiger partial charge in [-0.15, -0.1) is 24.8 Å². The van der Waals surface area contributed by atoms with Crippen LogP contribution in [-0.4, -0.2) is 23.0 Å². The zero-order valence-electron chi connectivity index (χ0n) is 9.45. The third kappa shape index (κ3) is 4.67. The number of benzene rings is 1. The van der Waals surface area contributed by atoms with E-state index in [4.69, 9.17) is 17.3 Å². The molecular weight excluding hydrogens is 417 g/mol. The summed E-state index contributed by atoms with van der Waals surface area (Å²) in [7, 11) is 0. The summed E-state index contributed by atoms with van der Waals surface area (Å²) in [6.07, 6.45) is -5.02. The van der Waals surface area contributed by atoms with E-state index in [0.717, 1.165) is 12.1 Å². The van der Waals surface area contributed by atoms with E-state index in [1.807, 2.05) is 0 Å². The number of nitrogens with two attached hydrogens (primary N) is 1. The zero-order chi connectivity index (χ0) is 15.5. The molecule has 0 heterocycles. The van der Waals surface area contributed by atoms with Gasteiger partial charge in [-0.2, -0.15) is 0 Å². The molecule has 0 spiro atoms. The predicted molar refractivity (Wildman–Crippen MR) is 74.5 cm³/mol. The van der Waals surface area contributed by atoms with Gasteiger partial charge in [-0.05, 0) is 28.7 Å². The minimum atomic E-state index is -5.02. The molecule has 0 aliphatic rings. The van der Waals surface area contributed by atoms with Gasteiger partial charge in [0, 0.05) is 9.64 Å². The first-order valence-electron chi connectivity index (χ1n) is 4.76. The van der Waals surface area contributed by atoms with E-state index in [9.17, 15) is 23.3 Å². The monoisotopic (exact) mass is 423 g/mol. The summed E-state index contributed by atoms with van der Waals surface area (Å²) in [5.41, 5.74) is 4.01. The van der Waals surface area contributed by atoms with E-state index >= 15 is 0 Å². The third-order valence-electron chi connectivity index (χ3n) is 1.83. The van der Waals surface area contributed by atoms with Gasteiger partial charge in [-0.1, -0.05) is 0 Å². The molecule has 0 fully saturated rings. The molecule has 0 aliphatic heterocycles. The fourth-order valence-corrected chi connectivity index (χ4v) is 1.83. The van der Waals surface area contributed by atoms with Gasteiger partial charge in [0.15, 0.2) is 11.4 Å².